The summed E-state index contributed by atoms with van der Waals surface area (Å²) in [4.78, 5) is 11.1. The van der Waals surface area contributed by atoms with E-state index in [-0.39, 0.29) is 5.97 Å². The van der Waals surface area contributed by atoms with Crippen molar-refractivity contribution in [1.82, 2.24) is 15.1 Å². The minimum Gasteiger partial charge on any atom is -0.466 e. The predicted octanol–water partition coefficient (Wildman–Crippen LogP) is 1.90. The van der Waals surface area contributed by atoms with E-state index in [1.165, 1.54) is 5.56 Å². The van der Waals surface area contributed by atoms with Gasteiger partial charge < -0.3 is 10.1 Å². The van der Waals surface area contributed by atoms with Crippen LogP contribution in [0.25, 0.3) is 0 Å². The number of ether oxygens (including phenoxy) is 1. The van der Waals surface area contributed by atoms with Crippen molar-refractivity contribution in [3.05, 3.63) is 18.0 Å². The van der Waals surface area contributed by atoms with Crippen LogP contribution in [0, 0.1) is 0 Å². The zero-order chi connectivity index (χ0) is 13.4. The minimum atomic E-state index is -0.119. The van der Waals surface area contributed by atoms with E-state index in [0.717, 1.165) is 19.5 Å². The van der Waals surface area contributed by atoms with Crippen LogP contribution in [0.3, 0.4) is 0 Å². The number of aromatic nitrogens is 2. The highest BCUT2D eigenvalue weighted by Crippen LogP contribution is 2.04. The second-order valence-corrected chi connectivity index (χ2v) is 4.51. The Hall–Kier alpha value is -1.36. The van der Waals surface area contributed by atoms with Crippen LogP contribution in [0.4, 0.5) is 0 Å². The van der Waals surface area contributed by atoms with Gasteiger partial charge in [0.25, 0.3) is 0 Å². The number of esters is 1. The molecular formula is C13H23N3O2. The summed E-state index contributed by atoms with van der Waals surface area (Å²) in [6.07, 6.45) is 5.20. The number of carbonyl (C=O) groups excluding carboxylic acids is 1. The van der Waals surface area contributed by atoms with Crippen molar-refractivity contribution in [3.8, 4) is 0 Å². The van der Waals surface area contributed by atoms with Crippen molar-refractivity contribution in [2.45, 2.75) is 46.2 Å². The van der Waals surface area contributed by atoms with Gasteiger partial charge in [0.15, 0.2) is 0 Å². The highest BCUT2D eigenvalue weighted by Gasteiger charge is 2.02. The number of carbonyl (C=O) groups is 1. The predicted molar refractivity (Wildman–Crippen MR) is 70.2 cm³/mol. The number of nitrogens with zero attached hydrogens (tertiary/aromatic N) is 2. The molecule has 102 valence electrons. The quantitative estimate of drug-likeness (QED) is 0.568. The maximum Gasteiger partial charge on any atom is 0.305 e. The van der Waals surface area contributed by atoms with Crippen LogP contribution < -0.4 is 5.32 Å². The Balaban J connectivity index is 2.12. The molecule has 0 aliphatic heterocycles. The Labute approximate surface area is 109 Å². The third kappa shape index (κ3) is 5.31. The molecule has 0 radical (unpaired) electrons. The molecule has 1 heterocycles. The molecule has 5 heteroatoms. The van der Waals surface area contributed by atoms with Crippen LogP contribution in [0.15, 0.2) is 12.4 Å². The standard InChI is InChI=1S/C13H23N3O2/c1-4-18-13(17)6-5-7-14-8-12-9-15-16(10-12)11(2)3/h9-11,14H,4-8H2,1-3H3. The van der Waals surface area contributed by atoms with E-state index in [2.05, 4.69) is 24.3 Å². The van der Waals surface area contributed by atoms with Crippen molar-refractivity contribution in [2.24, 2.45) is 0 Å². The first-order chi connectivity index (χ1) is 8.63. The molecule has 0 saturated heterocycles. The summed E-state index contributed by atoms with van der Waals surface area (Å²) >= 11 is 0. The topological polar surface area (TPSA) is 56.1 Å². The maximum atomic E-state index is 11.1. The van der Waals surface area contributed by atoms with Gasteiger partial charge in [-0.1, -0.05) is 0 Å². The second-order valence-electron chi connectivity index (χ2n) is 4.51. The van der Waals surface area contributed by atoms with Crippen molar-refractivity contribution >= 4 is 5.97 Å². The number of nitrogens with one attached hydrogen (secondary N) is 1. The monoisotopic (exact) mass is 253 g/mol. The molecular weight excluding hydrogens is 230 g/mol. The average molecular weight is 253 g/mol. The molecule has 1 aromatic heterocycles. The van der Waals surface area contributed by atoms with Crippen molar-refractivity contribution in [2.75, 3.05) is 13.2 Å². The lowest BCUT2D eigenvalue weighted by molar-refractivity contribution is -0.143. The van der Waals surface area contributed by atoms with Gasteiger partial charge in [-0.3, -0.25) is 9.48 Å². The zero-order valence-electron chi connectivity index (χ0n) is 11.5. The van der Waals surface area contributed by atoms with Gasteiger partial charge >= 0.3 is 5.97 Å². The third-order valence-electron chi connectivity index (χ3n) is 2.55. The lowest BCUT2D eigenvalue weighted by Gasteiger charge is -2.04. The van der Waals surface area contributed by atoms with E-state index >= 15 is 0 Å². The smallest absolute Gasteiger partial charge is 0.305 e. The SMILES string of the molecule is CCOC(=O)CCCNCc1cnn(C(C)C)c1. The molecule has 0 aliphatic rings. The Morgan fingerprint density at radius 2 is 2.33 bits per heavy atom. The van der Waals surface area contributed by atoms with Gasteiger partial charge in [-0.25, -0.2) is 0 Å². The van der Waals surface area contributed by atoms with Gasteiger partial charge in [0.1, 0.15) is 0 Å². The molecule has 1 aromatic rings. The maximum absolute atomic E-state index is 11.1. The van der Waals surface area contributed by atoms with E-state index in [1.54, 1.807) is 0 Å². The van der Waals surface area contributed by atoms with E-state index in [9.17, 15) is 4.79 Å². The Morgan fingerprint density at radius 3 is 2.94 bits per heavy atom. The molecule has 0 unspecified atom stereocenters. The summed E-state index contributed by atoms with van der Waals surface area (Å²) in [6.45, 7) is 8.08. The Morgan fingerprint density at radius 1 is 1.56 bits per heavy atom. The highest BCUT2D eigenvalue weighted by atomic mass is 16.5. The number of rotatable bonds is 8. The molecule has 1 rings (SSSR count). The lowest BCUT2D eigenvalue weighted by atomic mass is 10.3. The van der Waals surface area contributed by atoms with Crippen LogP contribution in [0.1, 0.15) is 45.2 Å². The minimum absolute atomic E-state index is 0.119. The van der Waals surface area contributed by atoms with E-state index in [0.29, 0.717) is 19.1 Å². The average Bonchev–Trinajstić information content (AvgIpc) is 2.78. The fourth-order valence-corrected chi connectivity index (χ4v) is 1.57. The largest absolute Gasteiger partial charge is 0.466 e. The fraction of sp³-hybridized carbons (Fsp3) is 0.692. The fourth-order valence-electron chi connectivity index (χ4n) is 1.57. The molecule has 0 atom stereocenters. The van der Waals surface area contributed by atoms with Crippen LogP contribution in [-0.4, -0.2) is 28.9 Å². The van der Waals surface area contributed by atoms with E-state index < -0.39 is 0 Å². The number of hydrogen-bond acceptors (Lipinski definition) is 4. The van der Waals surface area contributed by atoms with Gasteiger partial charge in [-0.15, -0.1) is 0 Å². The third-order valence-corrected chi connectivity index (χ3v) is 2.55. The lowest BCUT2D eigenvalue weighted by Crippen LogP contribution is -2.16. The summed E-state index contributed by atoms with van der Waals surface area (Å²) in [5, 5.41) is 7.56. The van der Waals surface area contributed by atoms with Crippen LogP contribution in [0.2, 0.25) is 0 Å². The molecule has 5 nitrogen and oxygen atoms in total. The van der Waals surface area contributed by atoms with Crippen LogP contribution in [0.5, 0.6) is 0 Å². The first-order valence-corrected chi connectivity index (χ1v) is 6.52. The van der Waals surface area contributed by atoms with Crippen LogP contribution in [-0.2, 0) is 16.1 Å². The van der Waals surface area contributed by atoms with Crippen molar-refractivity contribution in [3.63, 3.8) is 0 Å². The molecule has 0 aromatic carbocycles. The van der Waals surface area contributed by atoms with Crippen molar-refractivity contribution in [1.29, 1.82) is 0 Å². The van der Waals surface area contributed by atoms with Gasteiger partial charge in [-0.2, -0.15) is 5.10 Å². The van der Waals surface area contributed by atoms with E-state index in [4.69, 9.17) is 4.74 Å². The summed E-state index contributed by atoms with van der Waals surface area (Å²) in [5.41, 5.74) is 1.17. The summed E-state index contributed by atoms with van der Waals surface area (Å²) in [6, 6.07) is 0.391. The Kier molecular flexibility index (Phi) is 6.43. The molecule has 0 amide bonds. The summed E-state index contributed by atoms with van der Waals surface area (Å²) in [5.74, 6) is -0.119. The van der Waals surface area contributed by atoms with E-state index in [1.807, 2.05) is 24.0 Å². The first kappa shape index (κ1) is 14.7. The molecule has 0 aliphatic carbocycles. The van der Waals surface area contributed by atoms with Crippen molar-refractivity contribution < 1.29 is 9.53 Å². The highest BCUT2D eigenvalue weighted by molar-refractivity contribution is 5.69. The summed E-state index contributed by atoms with van der Waals surface area (Å²) in [7, 11) is 0. The molecule has 0 fully saturated rings. The Bertz CT molecular complexity index is 361. The van der Waals surface area contributed by atoms with Gasteiger partial charge in [0.05, 0.1) is 12.8 Å². The number of hydrogen-bond donors (Lipinski definition) is 1. The molecule has 0 spiro atoms. The molecule has 1 N–H and O–H groups in total. The molecule has 18 heavy (non-hydrogen) atoms. The van der Waals surface area contributed by atoms with Crippen LogP contribution >= 0.6 is 0 Å². The van der Waals surface area contributed by atoms with Gasteiger partial charge in [-0.05, 0) is 33.7 Å². The molecule has 0 bridgehead atoms. The first-order valence-electron chi connectivity index (χ1n) is 6.52. The van der Waals surface area contributed by atoms with Gasteiger partial charge in [0.2, 0.25) is 0 Å². The second kappa shape index (κ2) is 7.87. The normalized spacial score (nSPS) is 10.9. The zero-order valence-corrected chi connectivity index (χ0v) is 11.5. The van der Waals surface area contributed by atoms with Gasteiger partial charge in [0, 0.05) is 30.8 Å². The summed E-state index contributed by atoms with van der Waals surface area (Å²) < 4.78 is 6.80. The molecule has 0 saturated carbocycles.